The molecule has 0 bridgehead atoms. The van der Waals surface area contributed by atoms with Crippen molar-refractivity contribution in [1.29, 1.82) is 0 Å². The van der Waals surface area contributed by atoms with Gasteiger partial charge in [-0.15, -0.1) is 0 Å². The Morgan fingerprint density at radius 2 is 2.15 bits per heavy atom. The van der Waals surface area contributed by atoms with Gasteiger partial charge in [0.2, 0.25) is 11.8 Å². The average Bonchev–Trinajstić information content (AvgIpc) is 3.39. The third-order valence-electron chi connectivity index (χ3n) is 7.19. The Morgan fingerprint density at radius 3 is 2.91 bits per heavy atom. The largest absolute Gasteiger partial charge is 0.370 e. The zero-order chi connectivity index (χ0) is 24.0. The van der Waals surface area contributed by atoms with Gasteiger partial charge in [0.25, 0.3) is 0 Å². The highest BCUT2D eigenvalue weighted by molar-refractivity contribution is 5.99. The minimum atomic E-state index is -0.140. The van der Waals surface area contributed by atoms with E-state index in [1.807, 2.05) is 32.0 Å². The Hall–Kier alpha value is -3.13. The first kappa shape index (κ1) is 22.7. The summed E-state index contributed by atoms with van der Waals surface area (Å²) >= 11 is 0. The lowest BCUT2D eigenvalue weighted by atomic mass is 9.76. The monoisotopic (exact) mass is 463 g/mol. The molecule has 34 heavy (non-hydrogen) atoms. The van der Waals surface area contributed by atoms with Gasteiger partial charge in [0.05, 0.1) is 18.3 Å². The topological polar surface area (TPSA) is 94.3 Å². The van der Waals surface area contributed by atoms with Crippen LogP contribution in [0.1, 0.15) is 45.4 Å². The minimum absolute atomic E-state index is 0.0370. The fourth-order valence-electron chi connectivity index (χ4n) is 5.19. The van der Waals surface area contributed by atoms with Crippen molar-refractivity contribution in [3.63, 3.8) is 0 Å². The summed E-state index contributed by atoms with van der Waals surface area (Å²) in [5, 5.41) is 8.98. The molecule has 3 aromatic rings. The first-order valence-corrected chi connectivity index (χ1v) is 12.1. The van der Waals surface area contributed by atoms with E-state index in [4.69, 9.17) is 4.74 Å². The van der Waals surface area contributed by atoms with Crippen LogP contribution in [0.4, 0.5) is 5.69 Å². The van der Waals surface area contributed by atoms with Crippen LogP contribution >= 0.6 is 0 Å². The van der Waals surface area contributed by atoms with Gasteiger partial charge >= 0.3 is 0 Å². The first-order chi connectivity index (χ1) is 16.3. The Morgan fingerprint density at radius 1 is 1.32 bits per heavy atom. The van der Waals surface area contributed by atoms with Crippen molar-refractivity contribution in [2.75, 3.05) is 31.2 Å². The number of benzene rings is 1. The fourth-order valence-corrected chi connectivity index (χ4v) is 5.19. The molecule has 2 amide bonds. The van der Waals surface area contributed by atoms with Crippen molar-refractivity contribution >= 4 is 28.4 Å². The molecule has 0 saturated carbocycles. The molecule has 8 heteroatoms. The molecule has 0 radical (unpaired) electrons. The summed E-state index contributed by atoms with van der Waals surface area (Å²) < 4.78 is 5.28. The molecule has 180 valence electrons. The van der Waals surface area contributed by atoms with Gasteiger partial charge in [-0.2, -0.15) is 5.10 Å². The first-order valence-electron chi connectivity index (χ1n) is 12.1. The van der Waals surface area contributed by atoms with E-state index >= 15 is 0 Å². The van der Waals surface area contributed by atoms with Gasteiger partial charge in [0.15, 0.2) is 0 Å². The highest BCUT2D eigenvalue weighted by Crippen LogP contribution is 2.38. The van der Waals surface area contributed by atoms with Crippen LogP contribution < -0.4 is 4.90 Å². The van der Waals surface area contributed by atoms with Crippen molar-refractivity contribution in [2.45, 2.75) is 53.0 Å². The van der Waals surface area contributed by atoms with E-state index in [1.165, 1.54) is 11.3 Å². The summed E-state index contributed by atoms with van der Waals surface area (Å²) in [6, 6.07) is 8.02. The molecule has 1 aromatic carbocycles. The normalized spacial score (nSPS) is 19.9. The zero-order valence-electron chi connectivity index (χ0n) is 20.4. The predicted octanol–water partition coefficient (Wildman–Crippen LogP) is 3.67. The van der Waals surface area contributed by atoms with E-state index in [1.54, 1.807) is 9.80 Å². The number of hydrogen-bond acceptors (Lipinski definition) is 4. The maximum atomic E-state index is 13.1. The Kier molecular flexibility index (Phi) is 5.72. The number of aromatic nitrogens is 3. The lowest BCUT2D eigenvalue weighted by Crippen LogP contribution is -2.52. The van der Waals surface area contributed by atoms with Gasteiger partial charge in [0.1, 0.15) is 18.8 Å². The van der Waals surface area contributed by atoms with E-state index in [0.29, 0.717) is 18.6 Å². The molecule has 2 aliphatic rings. The zero-order valence-corrected chi connectivity index (χ0v) is 20.4. The molecule has 1 atom stereocenters. The molecule has 2 N–H and O–H groups in total. The average molecular weight is 464 g/mol. The van der Waals surface area contributed by atoms with Crippen molar-refractivity contribution in [3.05, 3.63) is 35.5 Å². The number of ether oxygens (including phenoxy) is 1. The van der Waals surface area contributed by atoms with Crippen molar-refractivity contribution < 1.29 is 14.3 Å². The van der Waals surface area contributed by atoms with Crippen LogP contribution in [-0.4, -0.2) is 64.2 Å². The van der Waals surface area contributed by atoms with Gasteiger partial charge in [-0.25, -0.2) is 0 Å². The summed E-state index contributed by atoms with van der Waals surface area (Å²) in [5.41, 5.74) is 6.60. The summed E-state index contributed by atoms with van der Waals surface area (Å²) in [6.45, 7) is 9.53. The number of H-pyrrole nitrogens is 2. The maximum absolute atomic E-state index is 13.1. The van der Waals surface area contributed by atoms with E-state index in [9.17, 15) is 9.59 Å². The number of hydrogen-bond donors (Lipinski definition) is 2. The van der Waals surface area contributed by atoms with E-state index in [2.05, 4.69) is 35.1 Å². The van der Waals surface area contributed by atoms with E-state index < -0.39 is 0 Å². The van der Waals surface area contributed by atoms with Crippen LogP contribution in [0.5, 0.6) is 0 Å². The summed E-state index contributed by atoms with van der Waals surface area (Å²) in [6.07, 6.45) is 3.18. The molecule has 0 spiro atoms. The van der Waals surface area contributed by atoms with Crippen LogP contribution in [-0.2, 0) is 27.2 Å². The molecule has 3 heterocycles. The second-order valence-electron chi connectivity index (χ2n) is 10.3. The molecule has 1 aliphatic heterocycles. The number of morpholine rings is 1. The van der Waals surface area contributed by atoms with E-state index in [0.717, 1.165) is 47.2 Å². The second-order valence-corrected chi connectivity index (χ2v) is 10.3. The fraction of sp³-hybridized carbons (Fsp3) is 0.500. The molecule has 1 aliphatic carbocycles. The number of rotatable bonds is 5. The third-order valence-corrected chi connectivity index (χ3v) is 7.19. The second kappa shape index (κ2) is 8.58. The minimum Gasteiger partial charge on any atom is -0.370 e. The van der Waals surface area contributed by atoms with Gasteiger partial charge in [-0.3, -0.25) is 14.7 Å². The van der Waals surface area contributed by atoms with E-state index in [-0.39, 0.29) is 31.0 Å². The lowest BCUT2D eigenvalue weighted by molar-refractivity contribution is -0.149. The molecule has 1 fully saturated rings. The standard InChI is InChI=1S/C26H33N5O3/c1-5-30(23(32)13-31-16(2)14-34-15-24(31)33)18-7-6-17-10-21(27-20(17)11-18)25-19-8-9-26(3,4)12-22(19)28-29-25/h6-7,10-11,16,27H,5,8-9,12-15H2,1-4H3,(H,28,29)/t16-/m0/s1. The highest BCUT2D eigenvalue weighted by Gasteiger charge is 2.30. The van der Waals surface area contributed by atoms with Crippen LogP contribution in [0.25, 0.3) is 22.3 Å². The SMILES string of the molecule is CCN(C(=O)CN1C(=O)COC[C@@H]1C)c1ccc2cc(-c3n[nH]c4c3CCC(C)(C)C4)[nH]c2c1. The number of nitrogens with one attached hydrogen (secondary N) is 2. The highest BCUT2D eigenvalue weighted by atomic mass is 16.5. The lowest BCUT2D eigenvalue weighted by Gasteiger charge is -2.34. The Bertz CT molecular complexity index is 1240. The van der Waals surface area contributed by atoms with Crippen molar-refractivity contribution in [1.82, 2.24) is 20.1 Å². The third kappa shape index (κ3) is 4.11. The maximum Gasteiger partial charge on any atom is 0.249 e. The van der Waals surface area contributed by atoms with Crippen LogP contribution in [0.3, 0.4) is 0 Å². The Balaban J connectivity index is 1.40. The Labute approximate surface area is 199 Å². The van der Waals surface area contributed by atoms with Crippen LogP contribution in [0.15, 0.2) is 24.3 Å². The molecular weight excluding hydrogens is 430 g/mol. The van der Waals surface area contributed by atoms with Gasteiger partial charge in [-0.05, 0) is 56.7 Å². The smallest absolute Gasteiger partial charge is 0.249 e. The molecule has 2 aromatic heterocycles. The number of amides is 2. The molecular formula is C26H33N5O3. The number of anilines is 1. The number of fused-ring (bicyclic) bond motifs is 2. The van der Waals surface area contributed by atoms with Gasteiger partial charge < -0.3 is 19.5 Å². The number of nitrogens with zero attached hydrogens (tertiary/aromatic N) is 3. The van der Waals surface area contributed by atoms with Gasteiger partial charge in [0, 0.05) is 34.4 Å². The quantitative estimate of drug-likeness (QED) is 0.604. The molecule has 5 rings (SSSR count). The summed E-state index contributed by atoms with van der Waals surface area (Å²) in [4.78, 5) is 32.2. The van der Waals surface area contributed by atoms with Crippen molar-refractivity contribution in [3.8, 4) is 11.4 Å². The number of carbonyl (C=O) groups excluding carboxylic acids is 2. The van der Waals surface area contributed by atoms with Crippen molar-refractivity contribution in [2.24, 2.45) is 5.41 Å². The number of aromatic amines is 2. The molecule has 0 unspecified atom stereocenters. The van der Waals surface area contributed by atoms with Gasteiger partial charge in [-0.1, -0.05) is 19.9 Å². The number of carbonyl (C=O) groups is 2. The van der Waals surface area contributed by atoms with Crippen LogP contribution in [0, 0.1) is 5.41 Å². The predicted molar refractivity (Wildman–Crippen MR) is 132 cm³/mol. The summed E-state index contributed by atoms with van der Waals surface area (Å²) in [5.74, 6) is -0.238. The number of likely N-dealkylation sites (N-methyl/N-ethyl adjacent to an activating group) is 1. The molecule has 1 saturated heterocycles. The molecule has 8 nitrogen and oxygen atoms in total. The van der Waals surface area contributed by atoms with Crippen LogP contribution in [0.2, 0.25) is 0 Å². The summed E-state index contributed by atoms with van der Waals surface area (Å²) in [7, 11) is 0.